The van der Waals surface area contributed by atoms with Gasteiger partial charge in [0.15, 0.2) is 0 Å². The minimum absolute atomic E-state index is 0. The second kappa shape index (κ2) is 8.46. The van der Waals surface area contributed by atoms with Gasteiger partial charge in [-0.25, -0.2) is 0 Å². The van der Waals surface area contributed by atoms with Crippen LogP contribution in [-0.4, -0.2) is 41.3 Å². The SMILES string of the molecule is C[C@H](CC(=O)O)NC(=O)C[C@H]1CCCN(c2ccc(C(=N)N)cc2)C1=O.[HH]. The number of nitrogens with two attached hydrogens (primary N) is 1. The second-order valence-electron chi connectivity index (χ2n) is 6.56. The average molecular weight is 362 g/mol. The van der Waals surface area contributed by atoms with Crippen molar-refractivity contribution in [3.05, 3.63) is 29.8 Å². The second-order valence-corrected chi connectivity index (χ2v) is 6.56. The molecule has 0 unspecified atom stereocenters. The zero-order valence-corrected chi connectivity index (χ0v) is 14.7. The third-order valence-corrected chi connectivity index (χ3v) is 4.36. The monoisotopic (exact) mass is 362 g/mol. The smallest absolute Gasteiger partial charge is 0.305 e. The first-order valence-corrected chi connectivity index (χ1v) is 8.55. The highest BCUT2D eigenvalue weighted by Gasteiger charge is 2.31. The maximum atomic E-state index is 12.7. The van der Waals surface area contributed by atoms with Gasteiger partial charge in [-0.15, -0.1) is 0 Å². The number of aliphatic carboxylic acids is 1. The van der Waals surface area contributed by atoms with Crippen LogP contribution in [0.15, 0.2) is 24.3 Å². The van der Waals surface area contributed by atoms with E-state index >= 15 is 0 Å². The van der Waals surface area contributed by atoms with Crippen LogP contribution in [-0.2, 0) is 14.4 Å². The van der Waals surface area contributed by atoms with Gasteiger partial charge in [0.2, 0.25) is 11.8 Å². The molecular formula is C18H26N4O4. The van der Waals surface area contributed by atoms with Gasteiger partial charge in [-0.3, -0.25) is 19.8 Å². The Morgan fingerprint density at radius 2 is 2.08 bits per heavy atom. The molecule has 2 amide bonds. The minimum atomic E-state index is -0.980. The van der Waals surface area contributed by atoms with Crippen LogP contribution in [0.4, 0.5) is 5.69 Å². The summed E-state index contributed by atoms with van der Waals surface area (Å²) in [4.78, 5) is 37.1. The van der Waals surface area contributed by atoms with Crippen LogP contribution in [0.2, 0.25) is 0 Å². The number of nitrogen functional groups attached to an aromatic ring is 1. The Labute approximate surface area is 153 Å². The van der Waals surface area contributed by atoms with E-state index in [0.29, 0.717) is 24.2 Å². The number of carboxylic acids is 1. The van der Waals surface area contributed by atoms with Crippen LogP contribution < -0.4 is 16.0 Å². The van der Waals surface area contributed by atoms with Crippen LogP contribution >= 0.6 is 0 Å². The molecule has 5 N–H and O–H groups in total. The number of carbonyl (C=O) groups is 3. The van der Waals surface area contributed by atoms with E-state index in [4.69, 9.17) is 16.2 Å². The Kier molecular flexibility index (Phi) is 6.32. The lowest BCUT2D eigenvalue weighted by molar-refractivity contribution is -0.138. The van der Waals surface area contributed by atoms with E-state index in [-0.39, 0.29) is 31.9 Å². The zero-order valence-electron chi connectivity index (χ0n) is 14.7. The lowest BCUT2D eigenvalue weighted by Crippen LogP contribution is -2.44. The molecule has 8 nitrogen and oxygen atoms in total. The molecule has 26 heavy (non-hydrogen) atoms. The molecule has 0 aliphatic carbocycles. The molecule has 0 bridgehead atoms. The van der Waals surface area contributed by atoms with Crippen molar-refractivity contribution in [3.8, 4) is 0 Å². The number of hydrogen-bond acceptors (Lipinski definition) is 4. The summed E-state index contributed by atoms with van der Waals surface area (Å²) in [6, 6.07) is 6.38. The van der Waals surface area contributed by atoms with Crippen molar-refractivity contribution >= 4 is 29.3 Å². The first-order chi connectivity index (χ1) is 12.3. The Balaban J connectivity index is 0.00000364. The van der Waals surface area contributed by atoms with Crippen molar-refractivity contribution in [1.29, 1.82) is 5.41 Å². The number of carboxylic acid groups (broad SMARTS) is 1. The average Bonchev–Trinajstić information content (AvgIpc) is 2.56. The molecule has 0 spiro atoms. The summed E-state index contributed by atoms with van der Waals surface area (Å²) in [5, 5.41) is 18.8. The molecule has 0 radical (unpaired) electrons. The number of hydrogen-bond donors (Lipinski definition) is 4. The van der Waals surface area contributed by atoms with E-state index in [1.165, 1.54) is 0 Å². The molecule has 1 aliphatic heterocycles. The van der Waals surface area contributed by atoms with Crippen molar-refractivity contribution in [1.82, 2.24) is 5.32 Å². The number of piperidine rings is 1. The van der Waals surface area contributed by atoms with Crippen molar-refractivity contribution in [2.45, 2.75) is 38.6 Å². The summed E-state index contributed by atoms with van der Waals surface area (Å²) in [6.07, 6.45) is 1.30. The zero-order chi connectivity index (χ0) is 19.3. The largest absolute Gasteiger partial charge is 0.481 e. The molecule has 0 saturated carbocycles. The predicted octanol–water partition coefficient (Wildman–Crippen LogP) is 1.33. The van der Waals surface area contributed by atoms with Crippen LogP contribution in [0.1, 0.15) is 39.6 Å². The maximum Gasteiger partial charge on any atom is 0.305 e. The fourth-order valence-corrected chi connectivity index (χ4v) is 3.09. The molecule has 1 aromatic carbocycles. The topological polar surface area (TPSA) is 137 Å². The molecule has 1 heterocycles. The Hall–Kier alpha value is -2.90. The predicted molar refractivity (Wildman–Crippen MR) is 99.1 cm³/mol. The Morgan fingerprint density at radius 3 is 2.65 bits per heavy atom. The summed E-state index contributed by atoms with van der Waals surface area (Å²) in [5.41, 5.74) is 6.73. The first-order valence-electron chi connectivity index (χ1n) is 8.55. The minimum Gasteiger partial charge on any atom is -0.481 e. The number of amides is 2. The van der Waals surface area contributed by atoms with Crippen molar-refractivity contribution in [3.63, 3.8) is 0 Å². The summed E-state index contributed by atoms with van der Waals surface area (Å²) in [5.74, 6) is -1.87. The van der Waals surface area contributed by atoms with Gasteiger partial charge in [-0.1, -0.05) is 0 Å². The molecule has 8 heteroatoms. The van der Waals surface area contributed by atoms with Gasteiger partial charge in [0.05, 0.1) is 6.42 Å². The summed E-state index contributed by atoms with van der Waals surface area (Å²) >= 11 is 0. The first kappa shape index (κ1) is 19.4. The van der Waals surface area contributed by atoms with Gasteiger partial charge >= 0.3 is 5.97 Å². The summed E-state index contributed by atoms with van der Waals surface area (Å²) in [6.45, 7) is 2.20. The van der Waals surface area contributed by atoms with E-state index < -0.39 is 17.9 Å². The standard InChI is InChI=1S/C18H24N4O4.H2/c1-11(9-16(24)25)21-15(23)10-13-3-2-8-22(18(13)26)14-6-4-12(5-7-14)17(19)20;/h4-7,11,13H,2-3,8-10H2,1H3,(H3,19,20)(H,21,23)(H,24,25);1H/t11-,13-;/m1./s1. The van der Waals surface area contributed by atoms with E-state index in [1.807, 2.05) is 0 Å². The van der Waals surface area contributed by atoms with E-state index in [1.54, 1.807) is 36.1 Å². The van der Waals surface area contributed by atoms with Gasteiger partial charge in [0.25, 0.3) is 0 Å². The number of nitrogens with one attached hydrogen (secondary N) is 2. The Morgan fingerprint density at radius 1 is 1.42 bits per heavy atom. The lowest BCUT2D eigenvalue weighted by Gasteiger charge is -2.32. The number of amidine groups is 1. The van der Waals surface area contributed by atoms with Crippen LogP contribution in [0.25, 0.3) is 0 Å². The van der Waals surface area contributed by atoms with Crippen LogP contribution in [0.5, 0.6) is 0 Å². The molecule has 1 saturated heterocycles. The molecular weight excluding hydrogens is 336 g/mol. The molecule has 0 aromatic heterocycles. The molecule has 2 rings (SSSR count). The summed E-state index contributed by atoms with van der Waals surface area (Å²) in [7, 11) is 0. The van der Waals surface area contributed by atoms with Crippen molar-refractivity contribution in [2.75, 3.05) is 11.4 Å². The number of carbonyl (C=O) groups excluding carboxylic acids is 2. The Bertz CT molecular complexity index is 708. The fourth-order valence-electron chi connectivity index (χ4n) is 3.09. The highest BCUT2D eigenvalue weighted by molar-refractivity contribution is 5.99. The maximum absolute atomic E-state index is 12.7. The number of nitrogens with zero attached hydrogens (tertiary/aromatic N) is 1. The lowest BCUT2D eigenvalue weighted by atomic mass is 9.92. The quantitative estimate of drug-likeness (QED) is 0.428. The normalized spacial score (nSPS) is 18.3. The summed E-state index contributed by atoms with van der Waals surface area (Å²) < 4.78 is 0. The number of benzene rings is 1. The van der Waals surface area contributed by atoms with Gasteiger partial charge in [0.1, 0.15) is 5.84 Å². The highest BCUT2D eigenvalue weighted by atomic mass is 16.4. The third kappa shape index (κ3) is 5.05. The fraction of sp³-hybridized carbons (Fsp3) is 0.444. The van der Waals surface area contributed by atoms with Crippen LogP contribution in [0, 0.1) is 11.3 Å². The highest BCUT2D eigenvalue weighted by Crippen LogP contribution is 2.26. The number of rotatable bonds is 7. The van der Waals surface area contributed by atoms with E-state index in [0.717, 1.165) is 6.42 Å². The molecule has 1 aromatic rings. The third-order valence-electron chi connectivity index (χ3n) is 4.36. The molecule has 142 valence electrons. The van der Waals surface area contributed by atoms with E-state index in [2.05, 4.69) is 5.32 Å². The van der Waals surface area contributed by atoms with Gasteiger partial charge < -0.3 is 21.1 Å². The van der Waals surface area contributed by atoms with Gasteiger partial charge in [-0.2, -0.15) is 0 Å². The van der Waals surface area contributed by atoms with Crippen molar-refractivity contribution in [2.24, 2.45) is 11.7 Å². The van der Waals surface area contributed by atoms with Crippen molar-refractivity contribution < 1.29 is 20.9 Å². The van der Waals surface area contributed by atoms with Crippen LogP contribution in [0.3, 0.4) is 0 Å². The number of anilines is 1. The molecule has 1 aliphatic rings. The van der Waals surface area contributed by atoms with Gasteiger partial charge in [-0.05, 0) is 44.0 Å². The molecule has 1 fully saturated rings. The van der Waals surface area contributed by atoms with Gasteiger partial charge in [0, 0.05) is 37.6 Å². The van der Waals surface area contributed by atoms with E-state index in [9.17, 15) is 14.4 Å². The molecule has 2 atom stereocenters.